The SMILES string of the molecule is C(=C\c1ccccc1)/c1ccccc1.C1=CC(=Nc2ccc(Nc3ccccc3)cc2)C=CC1=Nc1ccccc1.Cc1cc(-c2cccs2)sc1-c1cc(C)c(-c2cccs2)s1.Cc1cc(/C=C/c2ccccc2)c(C)cc1/C=C/c1ccccc1.Cc1cccc(N(c2ccccc2)c2ccc(-c3ccc(N(c4ccccc4)c4cccc(C)c4)cc3)cc2)c1.c1ccc(N(c2ccccc2)c2ccccc2)cc1. The smallest absolute Gasteiger partial charge is 0.0638 e. The second-order valence-corrected chi connectivity index (χ2v) is 39.0. The van der Waals surface area contributed by atoms with Gasteiger partial charge < -0.3 is 20.0 Å². The average molecular weight is 1960 g/mol. The molecule has 146 heavy (non-hydrogen) atoms. The fourth-order valence-electron chi connectivity index (χ4n) is 16.6. The van der Waals surface area contributed by atoms with Crippen molar-refractivity contribution < 1.29 is 0 Å². The largest absolute Gasteiger partial charge is 0.356 e. The third-order valence-electron chi connectivity index (χ3n) is 24.0. The summed E-state index contributed by atoms with van der Waals surface area (Å²) in [5, 5.41) is 7.67. The van der Waals surface area contributed by atoms with Gasteiger partial charge in [-0.3, -0.25) is 0 Å². The van der Waals surface area contributed by atoms with Crippen molar-refractivity contribution in [1.82, 2.24) is 0 Å². The van der Waals surface area contributed by atoms with Crippen LogP contribution in [-0.2, 0) is 0 Å². The molecule has 712 valence electrons. The van der Waals surface area contributed by atoms with Gasteiger partial charge in [-0.05, 0) is 336 Å². The first-order valence-corrected chi connectivity index (χ1v) is 52.4. The van der Waals surface area contributed by atoms with Crippen LogP contribution >= 0.6 is 45.3 Å². The third-order valence-corrected chi connectivity index (χ3v) is 28.8. The summed E-state index contributed by atoms with van der Waals surface area (Å²) in [5.41, 5.74) is 33.8. The first-order valence-electron chi connectivity index (χ1n) is 49.0. The molecule has 0 radical (unpaired) electrons. The molecule has 1 aliphatic rings. The van der Waals surface area contributed by atoms with Gasteiger partial charge in [0.15, 0.2) is 0 Å². The van der Waals surface area contributed by atoms with Crippen molar-refractivity contribution in [2.75, 3.05) is 20.0 Å². The number of nitrogens with one attached hydrogen (secondary N) is 1. The molecule has 0 unspecified atom stereocenters. The highest BCUT2D eigenvalue weighted by Gasteiger charge is 2.20. The van der Waals surface area contributed by atoms with Crippen LogP contribution in [-0.4, -0.2) is 11.4 Å². The molecule has 0 fully saturated rings. The molecule has 0 atom stereocenters. The lowest BCUT2D eigenvalue weighted by atomic mass is 9.98. The van der Waals surface area contributed by atoms with Crippen LogP contribution in [0.2, 0.25) is 0 Å². The van der Waals surface area contributed by atoms with Crippen LogP contribution < -0.4 is 20.0 Å². The lowest BCUT2D eigenvalue weighted by molar-refractivity contribution is 1.27. The maximum absolute atomic E-state index is 4.67. The molecular formula is C136H114N6S4. The zero-order chi connectivity index (χ0) is 100. The van der Waals surface area contributed by atoms with Crippen molar-refractivity contribution >= 4 is 167 Å². The Bertz CT molecular complexity index is 7470. The van der Waals surface area contributed by atoms with Crippen LogP contribution in [0.4, 0.5) is 73.9 Å². The Hall–Kier alpha value is -17.2. The second kappa shape index (κ2) is 52.0. The van der Waals surface area contributed by atoms with Crippen LogP contribution in [0.3, 0.4) is 0 Å². The monoisotopic (exact) mass is 1960 g/mol. The van der Waals surface area contributed by atoms with Crippen LogP contribution in [0.15, 0.2) is 549 Å². The molecule has 0 saturated heterocycles. The third kappa shape index (κ3) is 28.8. The number of para-hydroxylation sites is 7. The second-order valence-electron chi connectivity index (χ2n) is 35.0. The summed E-state index contributed by atoms with van der Waals surface area (Å²) in [7, 11) is 0. The molecule has 1 aliphatic carbocycles. The van der Waals surface area contributed by atoms with E-state index in [1.54, 1.807) is 0 Å². The lowest BCUT2D eigenvalue weighted by Crippen LogP contribution is -2.10. The number of hydrogen-bond acceptors (Lipinski definition) is 10. The number of thiophene rings is 4. The molecule has 17 aromatic carbocycles. The van der Waals surface area contributed by atoms with E-state index in [2.05, 4.69) is 471 Å². The van der Waals surface area contributed by atoms with Gasteiger partial charge >= 0.3 is 0 Å². The Morgan fingerprint density at radius 1 is 0.212 bits per heavy atom. The number of anilines is 11. The Labute approximate surface area is 877 Å². The van der Waals surface area contributed by atoms with Crippen molar-refractivity contribution in [3.63, 3.8) is 0 Å². The molecule has 21 aromatic rings. The van der Waals surface area contributed by atoms with Crippen molar-refractivity contribution in [2.24, 2.45) is 9.98 Å². The minimum atomic E-state index is 0.908. The van der Waals surface area contributed by atoms with E-state index in [9.17, 15) is 0 Å². The lowest BCUT2D eigenvalue weighted by Gasteiger charge is -2.26. The van der Waals surface area contributed by atoms with Gasteiger partial charge in [0.25, 0.3) is 0 Å². The maximum Gasteiger partial charge on any atom is 0.0638 e. The van der Waals surface area contributed by atoms with Crippen LogP contribution in [0.1, 0.15) is 66.8 Å². The number of nitrogens with zero attached hydrogens (tertiary/aromatic N) is 5. The summed E-state index contributed by atoms with van der Waals surface area (Å²) in [5.74, 6) is 0. The van der Waals surface area contributed by atoms with Crippen molar-refractivity contribution in [3.05, 3.63) is 605 Å². The Morgan fingerprint density at radius 3 is 0.856 bits per heavy atom. The minimum Gasteiger partial charge on any atom is -0.356 e. The summed E-state index contributed by atoms with van der Waals surface area (Å²) in [6.07, 6.45) is 20.9. The predicted molar refractivity (Wildman–Crippen MR) is 639 cm³/mol. The summed E-state index contributed by atoms with van der Waals surface area (Å²) in [6, 6.07) is 175. The zero-order valence-corrected chi connectivity index (χ0v) is 86.0. The quantitative estimate of drug-likeness (QED) is 0.0512. The van der Waals surface area contributed by atoms with Crippen LogP contribution in [0.25, 0.3) is 76.8 Å². The van der Waals surface area contributed by atoms with Gasteiger partial charge in [-0.1, -0.05) is 358 Å². The molecule has 4 heterocycles. The number of allylic oxidation sites excluding steroid dienone is 4. The van der Waals surface area contributed by atoms with E-state index in [1.165, 1.54) is 124 Å². The van der Waals surface area contributed by atoms with Crippen molar-refractivity contribution in [2.45, 2.75) is 41.5 Å². The number of rotatable bonds is 23. The van der Waals surface area contributed by atoms with E-state index in [0.717, 1.165) is 68.3 Å². The molecule has 0 amide bonds. The number of aryl methyl sites for hydroxylation is 6. The maximum atomic E-state index is 4.67. The van der Waals surface area contributed by atoms with Gasteiger partial charge in [0, 0.05) is 91.8 Å². The fourth-order valence-corrected chi connectivity index (χ4v) is 20.9. The van der Waals surface area contributed by atoms with Gasteiger partial charge in [-0.25, -0.2) is 9.98 Å². The van der Waals surface area contributed by atoms with Crippen LogP contribution in [0.5, 0.6) is 0 Å². The highest BCUT2D eigenvalue weighted by molar-refractivity contribution is 7.28. The number of aliphatic imine (C=N–C) groups is 2. The van der Waals surface area contributed by atoms with Crippen LogP contribution in [0, 0.1) is 41.5 Å². The van der Waals surface area contributed by atoms with E-state index in [-0.39, 0.29) is 0 Å². The minimum absolute atomic E-state index is 0.908. The van der Waals surface area contributed by atoms with Crippen molar-refractivity contribution in [1.29, 1.82) is 0 Å². The van der Waals surface area contributed by atoms with Crippen molar-refractivity contribution in [3.8, 4) is 40.4 Å². The highest BCUT2D eigenvalue weighted by atomic mass is 32.1. The molecular weight excluding hydrogens is 1850 g/mol. The predicted octanol–water partition coefficient (Wildman–Crippen LogP) is 40.5. The number of benzene rings is 17. The topological polar surface area (TPSA) is 46.5 Å². The first-order chi connectivity index (χ1) is 71.8. The van der Waals surface area contributed by atoms with Gasteiger partial charge in [-0.15, -0.1) is 45.3 Å². The van der Waals surface area contributed by atoms with E-state index in [4.69, 9.17) is 0 Å². The molecule has 6 nitrogen and oxygen atoms in total. The first kappa shape index (κ1) is 100. The summed E-state index contributed by atoms with van der Waals surface area (Å²) >= 11 is 7.47. The molecule has 4 aromatic heterocycles. The van der Waals surface area contributed by atoms with E-state index in [0.29, 0.717) is 0 Å². The molecule has 1 N–H and O–H groups in total. The van der Waals surface area contributed by atoms with Gasteiger partial charge in [0.1, 0.15) is 0 Å². The van der Waals surface area contributed by atoms with E-state index >= 15 is 0 Å². The summed E-state index contributed by atoms with van der Waals surface area (Å²) in [4.78, 5) is 24.5. The standard InChI is InChI=1S/C38H32N2.C24H19N3.C24H22.C18H15N.C18H14S4.C14H12/c1-29-11-9-17-37(27-29)39(33-13-5-3-6-14-33)35-23-19-31(20-24-35)32-21-25-36(26-22-32)40(34-15-7-4-8-16-34)38-18-10-12-30(2)28-38;1-3-7-19(8-4-1)25-21-11-15-23(16-12-21)27-24-17-13-22(14-18-24)26-20-9-5-2-6-10-20;1-19-17-24(16-14-22-11-7-4-8-12-22)20(2)18-23(19)15-13-21-9-5-3-6-10-21;1-4-10-16(11-5-1)19(17-12-6-2-7-13-17)18-14-8-3-9-15-18;1-11-9-15(13-5-3-7-19-13)21-18(11)16-10-12(2)17(22-16)14-6-4-8-20-14;1-3-7-13(8-4-1)11-12-14-9-5-2-6-10-14/h3-28H,1-2H3;1-18,25H;3-18H,1-2H3;1-15H;3-10H,1-2H3;1-12H/b;;15-13+,16-14+;;;12-11+. The Morgan fingerprint density at radius 2 is 0.500 bits per heavy atom. The Balaban J connectivity index is 0.000000123. The van der Waals surface area contributed by atoms with E-state index in [1.807, 2.05) is 221 Å². The molecule has 0 bridgehead atoms. The molecule has 0 spiro atoms. The molecule has 10 heteroatoms. The molecule has 22 rings (SSSR count). The summed E-state index contributed by atoms with van der Waals surface area (Å²) in [6.45, 7) is 13.1. The highest BCUT2D eigenvalue weighted by Crippen LogP contribution is 2.47. The Kier molecular flexibility index (Phi) is 35.7. The zero-order valence-electron chi connectivity index (χ0n) is 82.7. The van der Waals surface area contributed by atoms with E-state index < -0.39 is 0 Å². The number of hydrogen-bond donors (Lipinski definition) is 1. The average Bonchev–Trinajstić information content (AvgIpc) is 1.43. The fraction of sp³-hybridized carbons (Fsp3) is 0.0441. The molecule has 0 saturated carbocycles. The normalized spacial score (nSPS) is 11.2. The molecule has 0 aliphatic heterocycles. The van der Waals surface area contributed by atoms with Gasteiger partial charge in [0.05, 0.1) is 22.8 Å². The van der Waals surface area contributed by atoms with Gasteiger partial charge in [-0.2, -0.15) is 0 Å². The van der Waals surface area contributed by atoms with Gasteiger partial charge in [0.2, 0.25) is 0 Å². The summed E-state index contributed by atoms with van der Waals surface area (Å²) < 4.78 is 0.